The van der Waals surface area contributed by atoms with Gasteiger partial charge in [-0.2, -0.15) is 0 Å². The number of carboxylic acids is 2. The second-order valence-corrected chi connectivity index (χ2v) is 40.7. The first kappa shape index (κ1) is 133. The number of nitrogens with one attached hydrogen (secondary N) is 23. The SMILES string of the molecule is CC[C@H](C)[C@H](N)C(=O)N[C@@H](CC(=O)O)C(=O)N[C@@H](CC(C)C)C(=O)N[C@@H](CC(C)C)C(=O)N[C@@H](CCCNC(=N)N)C(=O)N[C@@H](CCCNC(=N)N)C(=O)N[C@@H](CC(C)C)C(=O)N[C@@H](CO)C(=O)N[C@@H](CCC(N)=O)C(=O)N[C@@H](CC(C)C)C(=O)N[C@@H](Cc1cnc[nH]1)C(=O)N[C@@H](CC(C)C)C(=O)N[C@@H](CC(C)C)C(=O)N[C@@H](CC(C)C)C(=O)N[C@H](C(=O)N[C@@H](CO)C(=O)N[C@H](C(=O)NCC(=O)NCC(=O)O)C(C)C)C(C)C. The number of hydrogen-bond acceptors (Lipinski definition) is 27. The molecule has 1 aromatic rings. The van der Waals surface area contributed by atoms with Gasteiger partial charge in [0.25, 0.3) is 0 Å². The molecule has 53 nitrogen and oxygen atoms in total. The Balaban J connectivity index is 3.84. The zero-order valence-electron chi connectivity index (χ0n) is 88.9. The first-order valence-corrected chi connectivity index (χ1v) is 50.3. The van der Waals surface area contributed by atoms with Crippen molar-refractivity contribution >= 4 is 136 Å². The molecule has 0 saturated carbocycles. The summed E-state index contributed by atoms with van der Waals surface area (Å²) in [6.07, 6.45) is -0.331. The number of carbonyl (C=O) groups is 21. The predicted molar refractivity (Wildman–Crippen MR) is 543 cm³/mol. The molecule has 53 heteroatoms. The van der Waals surface area contributed by atoms with Gasteiger partial charge in [-0.15, -0.1) is 0 Å². The molecule has 1 heterocycles. The molecule has 1 aromatic heterocycles. The van der Waals surface area contributed by atoms with Crippen LogP contribution >= 0.6 is 0 Å². The Bertz CT molecular complexity index is 4550. The molecule has 1 rings (SSSR count). The van der Waals surface area contributed by atoms with Crippen molar-refractivity contribution in [3.63, 3.8) is 0 Å². The van der Waals surface area contributed by atoms with Crippen molar-refractivity contribution in [3.8, 4) is 0 Å². The fraction of sp³-hybridized carbons (Fsp3) is 0.726. The van der Waals surface area contributed by atoms with Crippen molar-refractivity contribution in [2.24, 2.45) is 82.1 Å². The van der Waals surface area contributed by atoms with Crippen LogP contribution in [0.2, 0.25) is 0 Å². The Morgan fingerprint density at radius 1 is 0.331 bits per heavy atom. The minimum Gasteiger partial charge on any atom is -0.481 e. The fourth-order valence-electron chi connectivity index (χ4n) is 15.1. The van der Waals surface area contributed by atoms with Crippen molar-refractivity contribution in [1.29, 1.82) is 10.8 Å². The molecular weight excluding hydrogens is 1930 g/mol. The molecule has 0 aliphatic heterocycles. The van der Waals surface area contributed by atoms with E-state index in [1.54, 1.807) is 138 Å². The van der Waals surface area contributed by atoms with Gasteiger partial charge >= 0.3 is 11.9 Å². The van der Waals surface area contributed by atoms with Gasteiger partial charge in [0.2, 0.25) is 112 Å². The molecule has 0 aliphatic rings. The first-order valence-electron chi connectivity index (χ1n) is 50.3. The molecule has 0 fully saturated rings. The van der Waals surface area contributed by atoms with E-state index in [1.165, 1.54) is 12.5 Å². The van der Waals surface area contributed by atoms with Crippen LogP contribution < -0.4 is 129 Å². The number of guanidine groups is 2. The number of carbonyl (C=O) groups excluding carboxylic acids is 19. The average molecular weight is 2100 g/mol. The number of nitrogens with two attached hydrogens (primary N) is 4. The number of carboxylic acid groups (broad SMARTS) is 2. The minimum atomic E-state index is -1.95. The largest absolute Gasteiger partial charge is 0.481 e. The quantitative estimate of drug-likeness (QED) is 0.0164. The number of aliphatic hydroxyl groups is 2. The lowest BCUT2D eigenvalue weighted by Crippen LogP contribution is -2.62. The van der Waals surface area contributed by atoms with Gasteiger partial charge < -0.3 is 155 Å². The van der Waals surface area contributed by atoms with Gasteiger partial charge in [-0.05, 0) is 136 Å². The van der Waals surface area contributed by atoms with Crippen molar-refractivity contribution in [2.75, 3.05) is 39.4 Å². The highest BCUT2D eigenvalue weighted by Gasteiger charge is 2.42. The van der Waals surface area contributed by atoms with Gasteiger partial charge in [0.05, 0.1) is 38.5 Å². The molecule has 19 amide bonds. The normalized spacial score (nSPS) is 15.1. The standard InChI is InChI=1S/C95H168N28O25/c1-21-54(20)74(97)91(146)119-67(38-72(128)129)87(142)116-63(34-49(10)11)82(137)113-59(30-45(2)3)80(135)109-56(24-22-28-103-94(98)99)77(132)108-57(25-23-29-104-95(100)101)78(133)111-64(35-50(12)13)85(140)120-68(42-124)89(144)110-58(26-27-70(96)126)79(134)112-60(31-46(4)5)84(139)118-66(37-55-39-102-44-107-55)86(141)115-62(33-48(8)9)81(136)114-61(32-47(6)7)83(138)117-65(36-51(14)15)88(143)123-76(53(18)19)93(148)121-69(43-125)90(145)122-75(52(16)17)92(147)106-40-71(127)105-41-73(130)131/h39,44-54,56-69,74-76,124-125H,21-38,40-43,97H2,1-20H3,(H2,96,126)(H,102,107)(H,105,127)(H,106,147)(H,108,132)(H,109,135)(H,110,144)(H,111,133)(H,112,134)(H,113,137)(H,114,136)(H,115,141)(H,116,142)(H,117,138)(H,118,139)(H,119,146)(H,120,140)(H,121,148)(H,122,145)(H,123,143)(H,128,129)(H,130,131)(H4,98,99,103)(H4,100,101,104)/t54-,56-,57-,58-,59-,60-,61-,62-,63-,64-,65-,66-,67-,68-,69-,74-,75-,76-/m0/s1. The number of aromatic amines is 1. The van der Waals surface area contributed by atoms with E-state index in [4.69, 9.17) is 38.9 Å². The Morgan fingerprint density at radius 3 is 0.905 bits per heavy atom. The second-order valence-electron chi connectivity index (χ2n) is 40.7. The van der Waals surface area contributed by atoms with Crippen molar-refractivity contribution < 1.29 is 121 Å². The number of nitrogens with zero attached hydrogens (tertiary/aromatic N) is 1. The second kappa shape index (κ2) is 68.1. The van der Waals surface area contributed by atoms with Crippen LogP contribution in [0.1, 0.15) is 240 Å². The summed E-state index contributed by atoms with van der Waals surface area (Å²) in [5.74, 6) is -26.3. The summed E-state index contributed by atoms with van der Waals surface area (Å²) in [4.78, 5) is 299. The molecule has 838 valence electrons. The third kappa shape index (κ3) is 52.7. The first-order chi connectivity index (χ1) is 69.0. The van der Waals surface area contributed by atoms with Crippen LogP contribution in [0.4, 0.5) is 0 Å². The van der Waals surface area contributed by atoms with Crippen molar-refractivity contribution in [3.05, 3.63) is 18.2 Å². The predicted octanol–water partition coefficient (Wildman–Crippen LogP) is -5.71. The Hall–Kier alpha value is -13.5. The molecule has 0 saturated heterocycles. The van der Waals surface area contributed by atoms with Crippen molar-refractivity contribution in [2.45, 2.75) is 344 Å². The van der Waals surface area contributed by atoms with Gasteiger partial charge in [0, 0.05) is 37.8 Å². The van der Waals surface area contributed by atoms with E-state index >= 15 is 0 Å². The zero-order valence-corrected chi connectivity index (χ0v) is 88.9. The highest BCUT2D eigenvalue weighted by molar-refractivity contribution is 6.02. The molecule has 0 aliphatic carbocycles. The maximum atomic E-state index is 15.0. The van der Waals surface area contributed by atoms with Crippen LogP contribution in [0.3, 0.4) is 0 Å². The number of hydrogen-bond donors (Lipinski definition) is 31. The van der Waals surface area contributed by atoms with E-state index in [-0.39, 0.29) is 131 Å². The molecule has 18 atom stereocenters. The molecule has 35 N–H and O–H groups in total. The van der Waals surface area contributed by atoms with Crippen LogP contribution in [0, 0.1) is 70.0 Å². The third-order valence-electron chi connectivity index (χ3n) is 23.1. The van der Waals surface area contributed by atoms with Crippen molar-refractivity contribution in [1.82, 2.24) is 116 Å². The van der Waals surface area contributed by atoms with Gasteiger partial charge in [0.1, 0.15) is 103 Å². The number of aromatic nitrogens is 2. The number of aliphatic hydroxyl groups excluding tert-OH is 2. The lowest BCUT2D eigenvalue weighted by Gasteiger charge is -2.30. The van der Waals surface area contributed by atoms with E-state index in [9.17, 15) is 116 Å². The Labute approximate surface area is 864 Å². The smallest absolute Gasteiger partial charge is 0.322 e. The van der Waals surface area contributed by atoms with Gasteiger partial charge in [-0.3, -0.25) is 112 Å². The van der Waals surface area contributed by atoms with Crippen LogP contribution in [-0.2, 0) is 107 Å². The summed E-state index contributed by atoms with van der Waals surface area (Å²) in [6.45, 7) is 30.1. The third-order valence-corrected chi connectivity index (χ3v) is 23.1. The fourth-order valence-corrected chi connectivity index (χ4v) is 15.1. The average Bonchev–Trinajstić information content (AvgIpc) is 1.29. The van der Waals surface area contributed by atoms with E-state index in [2.05, 4.69) is 116 Å². The number of amides is 19. The highest BCUT2D eigenvalue weighted by atomic mass is 16.4. The summed E-state index contributed by atoms with van der Waals surface area (Å²) >= 11 is 0. The zero-order chi connectivity index (χ0) is 113. The van der Waals surface area contributed by atoms with E-state index < -0.39 is 308 Å². The monoisotopic (exact) mass is 2100 g/mol. The summed E-state index contributed by atoms with van der Waals surface area (Å²) in [5.41, 5.74) is 23.1. The maximum absolute atomic E-state index is 15.0. The maximum Gasteiger partial charge on any atom is 0.322 e. The summed E-state index contributed by atoms with van der Waals surface area (Å²) in [6, 6.07) is -26.0. The molecule has 148 heavy (non-hydrogen) atoms. The lowest BCUT2D eigenvalue weighted by atomic mass is 9.97. The van der Waals surface area contributed by atoms with Crippen LogP contribution in [-0.4, -0.2) is 309 Å². The van der Waals surface area contributed by atoms with Gasteiger partial charge in [-0.1, -0.05) is 145 Å². The van der Waals surface area contributed by atoms with E-state index in [0.717, 1.165) is 0 Å². The van der Waals surface area contributed by atoms with E-state index in [0.29, 0.717) is 6.42 Å². The summed E-state index contributed by atoms with van der Waals surface area (Å²) in [5, 5.41) is 106. The topological polar surface area (TPSA) is 860 Å². The summed E-state index contributed by atoms with van der Waals surface area (Å²) < 4.78 is 0. The van der Waals surface area contributed by atoms with E-state index in [1.807, 2.05) is 0 Å². The van der Waals surface area contributed by atoms with Crippen LogP contribution in [0.5, 0.6) is 0 Å². The highest BCUT2D eigenvalue weighted by Crippen LogP contribution is 2.20. The summed E-state index contributed by atoms with van der Waals surface area (Å²) in [7, 11) is 0. The molecule has 0 unspecified atom stereocenters. The minimum absolute atomic E-state index is 0.0000249. The number of imidazole rings is 1. The molecule has 0 aromatic carbocycles. The molecular formula is C95H168N28O25. The number of rotatable bonds is 72. The Kier molecular flexibility index (Phi) is 61.0. The van der Waals surface area contributed by atoms with Gasteiger partial charge in [-0.25, -0.2) is 4.98 Å². The molecule has 0 spiro atoms. The molecule has 0 bridgehead atoms. The van der Waals surface area contributed by atoms with Gasteiger partial charge in [0.15, 0.2) is 11.9 Å². The number of aliphatic carboxylic acids is 2. The number of primary amides is 1. The molecule has 0 radical (unpaired) electrons. The van der Waals surface area contributed by atoms with Crippen LogP contribution in [0.25, 0.3) is 0 Å². The van der Waals surface area contributed by atoms with Crippen LogP contribution in [0.15, 0.2) is 12.5 Å². The Morgan fingerprint density at radius 2 is 0.608 bits per heavy atom. The number of H-pyrrole nitrogens is 1. The lowest BCUT2D eigenvalue weighted by molar-refractivity contribution is -0.141.